The molecule has 1 atom stereocenters. The van der Waals surface area contributed by atoms with Gasteiger partial charge >= 0.3 is 6.03 Å². The molecule has 34 heavy (non-hydrogen) atoms. The molecule has 7 heteroatoms. The highest BCUT2D eigenvalue weighted by Gasteiger charge is 2.27. The molecule has 1 aliphatic rings. The molecular weight excluding hydrogens is 446 g/mol. The third-order valence-corrected chi connectivity index (χ3v) is 6.80. The van der Waals surface area contributed by atoms with Gasteiger partial charge in [0.15, 0.2) is 0 Å². The molecule has 1 unspecified atom stereocenters. The molecule has 1 aliphatic heterocycles. The number of ether oxygens (including phenoxy) is 1. The maximum atomic E-state index is 13.5. The standard InChI is InChI=1S/C27H31N3O3S/c1-21-9-5-6-14-25(21)28-27(32)30(18-23-12-7-15-33-23)20-26(31)29(19-24-13-8-16-34-24)17-22-10-3-2-4-11-22/h2-6,8-11,13-14,16,23H,7,12,15,17-20H2,1H3,(H,28,32). The Balaban J connectivity index is 1.51. The first kappa shape index (κ1) is 24.0. The number of aryl methyl sites for hydroxylation is 1. The lowest BCUT2D eigenvalue weighted by Crippen LogP contribution is -2.46. The third-order valence-electron chi connectivity index (χ3n) is 5.94. The minimum absolute atomic E-state index is 0.00418. The monoisotopic (exact) mass is 477 g/mol. The van der Waals surface area contributed by atoms with E-state index in [0.717, 1.165) is 34.5 Å². The van der Waals surface area contributed by atoms with Gasteiger partial charge < -0.3 is 19.9 Å². The summed E-state index contributed by atoms with van der Waals surface area (Å²) in [6, 6.07) is 21.3. The summed E-state index contributed by atoms with van der Waals surface area (Å²) in [7, 11) is 0. The van der Waals surface area contributed by atoms with Gasteiger partial charge in [0.1, 0.15) is 6.54 Å². The zero-order chi connectivity index (χ0) is 23.8. The van der Waals surface area contributed by atoms with E-state index >= 15 is 0 Å². The number of nitrogens with one attached hydrogen (secondary N) is 1. The second-order valence-electron chi connectivity index (χ2n) is 8.58. The molecule has 3 aromatic rings. The van der Waals surface area contributed by atoms with Gasteiger partial charge in [0.05, 0.1) is 12.6 Å². The maximum absolute atomic E-state index is 13.5. The van der Waals surface area contributed by atoms with Crippen LogP contribution in [0.2, 0.25) is 0 Å². The molecule has 2 heterocycles. The Morgan fingerprint density at radius 1 is 1.00 bits per heavy atom. The van der Waals surface area contributed by atoms with Crippen LogP contribution in [0.15, 0.2) is 72.1 Å². The normalized spacial score (nSPS) is 15.1. The van der Waals surface area contributed by atoms with Crippen molar-refractivity contribution in [2.75, 3.05) is 25.0 Å². The molecule has 2 aromatic carbocycles. The molecule has 0 bridgehead atoms. The minimum atomic E-state index is -0.283. The average Bonchev–Trinajstić information content (AvgIpc) is 3.55. The van der Waals surface area contributed by atoms with E-state index in [0.29, 0.717) is 26.2 Å². The fourth-order valence-electron chi connectivity index (χ4n) is 4.05. The summed E-state index contributed by atoms with van der Waals surface area (Å²) < 4.78 is 5.79. The van der Waals surface area contributed by atoms with E-state index < -0.39 is 0 Å². The molecule has 178 valence electrons. The second kappa shape index (κ2) is 11.8. The van der Waals surface area contributed by atoms with E-state index in [1.54, 1.807) is 16.2 Å². The highest BCUT2D eigenvalue weighted by molar-refractivity contribution is 7.09. The number of anilines is 1. The van der Waals surface area contributed by atoms with E-state index in [4.69, 9.17) is 4.74 Å². The van der Waals surface area contributed by atoms with Gasteiger partial charge in [-0.1, -0.05) is 54.6 Å². The first-order valence-electron chi connectivity index (χ1n) is 11.7. The van der Waals surface area contributed by atoms with Gasteiger partial charge in [-0.3, -0.25) is 4.79 Å². The SMILES string of the molecule is Cc1ccccc1NC(=O)N(CC(=O)N(Cc1ccccc1)Cc1cccs1)CC1CCCO1. The van der Waals surface area contributed by atoms with E-state index in [-0.39, 0.29) is 24.6 Å². The van der Waals surface area contributed by atoms with Crippen LogP contribution < -0.4 is 5.32 Å². The van der Waals surface area contributed by atoms with Crippen molar-refractivity contribution in [2.45, 2.75) is 39.0 Å². The number of para-hydroxylation sites is 1. The summed E-state index contributed by atoms with van der Waals surface area (Å²) in [4.78, 5) is 31.4. The highest BCUT2D eigenvalue weighted by Crippen LogP contribution is 2.19. The molecule has 0 aliphatic carbocycles. The van der Waals surface area contributed by atoms with Gasteiger partial charge in [0, 0.05) is 30.3 Å². The smallest absolute Gasteiger partial charge is 0.322 e. The molecule has 6 nitrogen and oxygen atoms in total. The predicted octanol–water partition coefficient (Wildman–Crippen LogP) is 5.30. The number of carbonyl (C=O) groups is 2. The second-order valence-corrected chi connectivity index (χ2v) is 9.61. The molecule has 1 saturated heterocycles. The summed E-state index contributed by atoms with van der Waals surface area (Å²) in [5.74, 6) is -0.0878. The summed E-state index contributed by atoms with van der Waals surface area (Å²) in [5.41, 5.74) is 2.78. The van der Waals surface area contributed by atoms with Gasteiger partial charge in [-0.2, -0.15) is 0 Å². The lowest BCUT2D eigenvalue weighted by molar-refractivity contribution is -0.133. The number of thiophene rings is 1. The molecule has 1 fully saturated rings. The molecule has 3 amide bonds. The zero-order valence-electron chi connectivity index (χ0n) is 19.5. The van der Waals surface area contributed by atoms with Crippen LogP contribution in [0.3, 0.4) is 0 Å². The molecule has 0 saturated carbocycles. The van der Waals surface area contributed by atoms with Crippen molar-refractivity contribution in [1.29, 1.82) is 0 Å². The Morgan fingerprint density at radius 3 is 2.50 bits per heavy atom. The van der Waals surface area contributed by atoms with Crippen LogP contribution in [0, 0.1) is 6.92 Å². The topological polar surface area (TPSA) is 61.9 Å². The minimum Gasteiger partial charge on any atom is -0.376 e. The van der Waals surface area contributed by atoms with E-state index in [9.17, 15) is 9.59 Å². The maximum Gasteiger partial charge on any atom is 0.322 e. The van der Waals surface area contributed by atoms with Crippen LogP contribution >= 0.6 is 11.3 Å². The van der Waals surface area contributed by atoms with E-state index in [1.165, 1.54) is 0 Å². The highest BCUT2D eigenvalue weighted by atomic mass is 32.1. The Labute approximate surface area is 205 Å². The molecular formula is C27H31N3O3S. The van der Waals surface area contributed by atoms with Crippen LogP contribution in [0.4, 0.5) is 10.5 Å². The van der Waals surface area contributed by atoms with Gasteiger partial charge in [-0.25, -0.2) is 4.79 Å². The lowest BCUT2D eigenvalue weighted by atomic mass is 10.2. The van der Waals surface area contributed by atoms with Crippen molar-refractivity contribution in [2.24, 2.45) is 0 Å². The fraction of sp³-hybridized carbons (Fsp3) is 0.333. The molecule has 0 radical (unpaired) electrons. The van der Waals surface area contributed by atoms with Crippen molar-refractivity contribution < 1.29 is 14.3 Å². The number of carbonyl (C=O) groups excluding carboxylic acids is 2. The first-order chi connectivity index (χ1) is 16.6. The van der Waals surface area contributed by atoms with Crippen molar-refractivity contribution in [3.63, 3.8) is 0 Å². The largest absolute Gasteiger partial charge is 0.376 e. The lowest BCUT2D eigenvalue weighted by Gasteiger charge is -2.29. The summed E-state index contributed by atoms with van der Waals surface area (Å²) in [6.45, 7) is 4.04. The van der Waals surface area contributed by atoms with Crippen LogP contribution in [-0.4, -0.2) is 47.5 Å². The van der Waals surface area contributed by atoms with Gasteiger partial charge in [0.2, 0.25) is 5.91 Å². The average molecular weight is 478 g/mol. The first-order valence-corrected chi connectivity index (χ1v) is 12.5. The van der Waals surface area contributed by atoms with Crippen LogP contribution in [0.25, 0.3) is 0 Å². The molecule has 0 spiro atoms. The summed E-state index contributed by atoms with van der Waals surface area (Å²) in [5, 5.41) is 5.00. The molecule has 4 rings (SSSR count). The van der Waals surface area contributed by atoms with Crippen molar-refractivity contribution in [3.8, 4) is 0 Å². The van der Waals surface area contributed by atoms with Crippen molar-refractivity contribution in [1.82, 2.24) is 9.80 Å². The summed E-state index contributed by atoms with van der Waals surface area (Å²) >= 11 is 1.63. The number of hydrogen-bond acceptors (Lipinski definition) is 4. The molecule has 1 aromatic heterocycles. The predicted molar refractivity (Wildman–Crippen MR) is 136 cm³/mol. The van der Waals surface area contributed by atoms with Crippen molar-refractivity contribution in [3.05, 3.63) is 88.1 Å². The van der Waals surface area contributed by atoms with Crippen molar-refractivity contribution >= 4 is 29.0 Å². The van der Waals surface area contributed by atoms with Crippen LogP contribution in [0.5, 0.6) is 0 Å². The number of amides is 3. The number of hydrogen-bond donors (Lipinski definition) is 1. The third kappa shape index (κ3) is 6.68. The van der Waals surface area contributed by atoms with Gasteiger partial charge in [0.25, 0.3) is 0 Å². The summed E-state index contributed by atoms with van der Waals surface area (Å²) in [6.07, 6.45) is 1.82. The Kier molecular flexibility index (Phi) is 8.33. The van der Waals surface area contributed by atoms with E-state index in [1.807, 2.05) is 83.9 Å². The Hall–Kier alpha value is -3.16. The Bertz CT molecular complexity index is 1070. The van der Waals surface area contributed by atoms with Crippen LogP contribution in [0.1, 0.15) is 28.8 Å². The van der Waals surface area contributed by atoms with Gasteiger partial charge in [-0.05, 0) is 48.4 Å². The van der Waals surface area contributed by atoms with E-state index in [2.05, 4.69) is 5.32 Å². The fourth-order valence-corrected chi connectivity index (χ4v) is 4.77. The molecule has 1 N–H and O–H groups in total. The quantitative estimate of drug-likeness (QED) is 0.455. The van der Waals surface area contributed by atoms with Gasteiger partial charge in [-0.15, -0.1) is 11.3 Å². The number of benzene rings is 2. The number of rotatable bonds is 9. The number of nitrogens with zero attached hydrogens (tertiary/aromatic N) is 2. The number of urea groups is 1. The zero-order valence-corrected chi connectivity index (χ0v) is 20.3. The van der Waals surface area contributed by atoms with Crippen LogP contribution in [-0.2, 0) is 22.6 Å². The Morgan fingerprint density at radius 2 is 1.79 bits per heavy atom.